The lowest BCUT2D eigenvalue weighted by atomic mass is 10.00. The van der Waals surface area contributed by atoms with Gasteiger partial charge in [-0.25, -0.2) is 0 Å². The van der Waals surface area contributed by atoms with Crippen molar-refractivity contribution in [3.8, 4) is 0 Å². The molecule has 3 aromatic rings. The van der Waals surface area contributed by atoms with Crippen molar-refractivity contribution in [2.75, 3.05) is 13.7 Å². The highest BCUT2D eigenvalue weighted by Crippen LogP contribution is 2.30. The van der Waals surface area contributed by atoms with Crippen molar-refractivity contribution >= 4 is 21.9 Å². The molecule has 2 nitrogen and oxygen atoms in total. The van der Waals surface area contributed by atoms with Gasteiger partial charge in [0.05, 0.1) is 6.61 Å². The van der Waals surface area contributed by atoms with Gasteiger partial charge in [0.1, 0.15) is 11.2 Å². The standard InChI is InChI=1S/C16H16O2/c1-11(10-17-2)12-7-8-16-14(9-12)13-5-3-4-6-15(13)18-16/h3-9,11H,10H2,1-2H3. The van der Waals surface area contributed by atoms with E-state index in [1.54, 1.807) is 7.11 Å². The van der Waals surface area contributed by atoms with Crippen LogP contribution in [0.3, 0.4) is 0 Å². The lowest BCUT2D eigenvalue weighted by Gasteiger charge is -2.10. The number of hydrogen-bond acceptors (Lipinski definition) is 2. The Morgan fingerprint density at radius 1 is 1.06 bits per heavy atom. The quantitative estimate of drug-likeness (QED) is 0.679. The van der Waals surface area contributed by atoms with E-state index in [1.807, 2.05) is 18.2 Å². The maximum Gasteiger partial charge on any atom is 0.135 e. The molecule has 0 aliphatic carbocycles. The summed E-state index contributed by atoms with van der Waals surface area (Å²) in [5.74, 6) is 0.396. The minimum absolute atomic E-state index is 0.396. The molecule has 1 aromatic heterocycles. The number of methoxy groups -OCH3 is 1. The van der Waals surface area contributed by atoms with Crippen LogP contribution in [0.15, 0.2) is 46.9 Å². The molecule has 0 saturated heterocycles. The first kappa shape index (κ1) is 11.3. The largest absolute Gasteiger partial charge is 0.456 e. The molecule has 18 heavy (non-hydrogen) atoms. The van der Waals surface area contributed by atoms with Gasteiger partial charge in [0, 0.05) is 23.8 Å². The van der Waals surface area contributed by atoms with Crippen molar-refractivity contribution in [1.29, 1.82) is 0 Å². The summed E-state index contributed by atoms with van der Waals surface area (Å²) in [6.45, 7) is 2.91. The van der Waals surface area contributed by atoms with Crippen molar-refractivity contribution in [3.05, 3.63) is 48.0 Å². The minimum atomic E-state index is 0.396. The predicted molar refractivity (Wildman–Crippen MR) is 74.0 cm³/mol. The SMILES string of the molecule is COCC(C)c1ccc2oc3ccccc3c2c1. The fourth-order valence-electron chi connectivity index (χ4n) is 2.40. The maximum absolute atomic E-state index is 5.82. The molecule has 92 valence electrons. The summed E-state index contributed by atoms with van der Waals surface area (Å²) in [5.41, 5.74) is 3.18. The van der Waals surface area contributed by atoms with Crippen LogP contribution in [-0.4, -0.2) is 13.7 Å². The van der Waals surface area contributed by atoms with Crippen molar-refractivity contribution in [1.82, 2.24) is 0 Å². The lowest BCUT2D eigenvalue weighted by molar-refractivity contribution is 0.184. The van der Waals surface area contributed by atoms with Crippen LogP contribution in [0.25, 0.3) is 21.9 Å². The molecule has 2 heteroatoms. The fourth-order valence-corrected chi connectivity index (χ4v) is 2.40. The molecule has 0 radical (unpaired) electrons. The summed E-state index contributed by atoms with van der Waals surface area (Å²) < 4.78 is 11.0. The zero-order chi connectivity index (χ0) is 12.5. The van der Waals surface area contributed by atoms with Gasteiger partial charge in [0.25, 0.3) is 0 Å². The van der Waals surface area contributed by atoms with E-state index in [0.29, 0.717) is 5.92 Å². The molecular weight excluding hydrogens is 224 g/mol. The Balaban J connectivity index is 2.18. The Bertz CT molecular complexity index is 682. The Labute approximate surface area is 106 Å². The van der Waals surface area contributed by atoms with Gasteiger partial charge >= 0.3 is 0 Å². The van der Waals surface area contributed by atoms with Gasteiger partial charge < -0.3 is 9.15 Å². The number of hydrogen-bond donors (Lipinski definition) is 0. The fraction of sp³-hybridized carbons (Fsp3) is 0.250. The van der Waals surface area contributed by atoms with Gasteiger partial charge in [-0.1, -0.05) is 31.2 Å². The monoisotopic (exact) mass is 240 g/mol. The third-order valence-electron chi connectivity index (χ3n) is 3.39. The van der Waals surface area contributed by atoms with Crippen molar-refractivity contribution in [2.45, 2.75) is 12.8 Å². The lowest BCUT2D eigenvalue weighted by Crippen LogP contribution is -2.01. The van der Waals surface area contributed by atoms with Crippen LogP contribution in [0.5, 0.6) is 0 Å². The van der Waals surface area contributed by atoms with Crippen LogP contribution < -0.4 is 0 Å². The third kappa shape index (κ3) is 1.79. The summed E-state index contributed by atoms with van der Waals surface area (Å²) in [6.07, 6.45) is 0. The minimum Gasteiger partial charge on any atom is -0.456 e. The third-order valence-corrected chi connectivity index (χ3v) is 3.39. The average molecular weight is 240 g/mol. The van der Waals surface area contributed by atoms with E-state index < -0.39 is 0 Å². The van der Waals surface area contributed by atoms with Gasteiger partial charge in [-0.2, -0.15) is 0 Å². The molecule has 0 fully saturated rings. The number of fused-ring (bicyclic) bond motifs is 3. The van der Waals surface area contributed by atoms with E-state index in [9.17, 15) is 0 Å². The van der Waals surface area contributed by atoms with E-state index in [0.717, 1.165) is 17.8 Å². The van der Waals surface area contributed by atoms with Crippen molar-refractivity contribution in [2.24, 2.45) is 0 Å². The molecule has 0 saturated carbocycles. The Kier molecular flexibility index (Phi) is 2.80. The van der Waals surface area contributed by atoms with Crippen LogP contribution >= 0.6 is 0 Å². The molecule has 1 unspecified atom stereocenters. The Morgan fingerprint density at radius 3 is 2.67 bits per heavy atom. The summed E-state index contributed by atoms with van der Waals surface area (Å²) in [7, 11) is 1.74. The van der Waals surface area contributed by atoms with Crippen LogP contribution in [0.2, 0.25) is 0 Å². The molecule has 0 N–H and O–H groups in total. The summed E-state index contributed by atoms with van der Waals surface area (Å²) in [5, 5.41) is 2.37. The van der Waals surface area contributed by atoms with E-state index in [-0.39, 0.29) is 0 Å². The molecule has 3 rings (SSSR count). The zero-order valence-corrected chi connectivity index (χ0v) is 10.6. The second-order valence-corrected chi connectivity index (χ2v) is 4.71. The molecule has 0 bridgehead atoms. The van der Waals surface area contributed by atoms with E-state index in [2.05, 4.69) is 31.2 Å². The first-order chi connectivity index (χ1) is 8.79. The second kappa shape index (κ2) is 4.46. The summed E-state index contributed by atoms with van der Waals surface area (Å²) >= 11 is 0. The molecule has 1 heterocycles. The smallest absolute Gasteiger partial charge is 0.135 e. The van der Waals surface area contributed by atoms with Crippen LogP contribution in [0.4, 0.5) is 0 Å². The van der Waals surface area contributed by atoms with Gasteiger partial charge in [0.15, 0.2) is 0 Å². The van der Waals surface area contributed by atoms with Crippen molar-refractivity contribution < 1.29 is 9.15 Å². The highest BCUT2D eigenvalue weighted by Gasteiger charge is 2.10. The highest BCUT2D eigenvalue weighted by atomic mass is 16.5. The van der Waals surface area contributed by atoms with Gasteiger partial charge in [0.2, 0.25) is 0 Å². The summed E-state index contributed by atoms with van der Waals surface area (Å²) in [4.78, 5) is 0. The van der Waals surface area contributed by atoms with Crippen LogP contribution in [0, 0.1) is 0 Å². The van der Waals surface area contributed by atoms with Gasteiger partial charge in [-0.15, -0.1) is 0 Å². The normalized spacial score (nSPS) is 13.2. The zero-order valence-electron chi connectivity index (χ0n) is 10.6. The number of ether oxygens (including phenoxy) is 1. The molecule has 0 spiro atoms. The highest BCUT2D eigenvalue weighted by molar-refractivity contribution is 6.05. The molecule has 0 aliphatic heterocycles. The first-order valence-corrected chi connectivity index (χ1v) is 6.19. The number of rotatable bonds is 3. The topological polar surface area (TPSA) is 22.4 Å². The number of furan rings is 1. The summed E-state index contributed by atoms with van der Waals surface area (Å²) in [6, 6.07) is 14.5. The van der Waals surface area contributed by atoms with Gasteiger partial charge in [-0.3, -0.25) is 0 Å². The number of para-hydroxylation sites is 1. The van der Waals surface area contributed by atoms with Crippen LogP contribution in [0.1, 0.15) is 18.4 Å². The van der Waals surface area contributed by atoms with E-state index in [1.165, 1.54) is 16.3 Å². The maximum atomic E-state index is 5.82. The Hall–Kier alpha value is -1.80. The molecule has 0 aliphatic rings. The number of benzene rings is 2. The van der Waals surface area contributed by atoms with E-state index in [4.69, 9.17) is 9.15 Å². The molecule has 2 aromatic carbocycles. The second-order valence-electron chi connectivity index (χ2n) is 4.71. The average Bonchev–Trinajstić information content (AvgIpc) is 2.76. The molecule has 1 atom stereocenters. The van der Waals surface area contributed by atoms with Crippen LogP contribution in [-0.2, 0) is 4.74 Å². The Morgan fingerprint density at radius 2 is 1.83 bits per heavy atom. The molecule has 0 amide bonds. The van der Waals surface area contributed by atoms with Gasteiger partial charge in [-0.05, 0) is 23.8 Å². The predicted octanol–water partition coefficient (Wildman–Crippen LogP) is 4.34. The van der Waals surface area contributed by atoms with E-state index >= 15 is 0 Å². The van der Waals surface area contributed by atoms with Crippen molar-refractivity contribution in [3.63, 3.8) is 0 Å². The first-order valence-electron chi connectivity index (χ1n) is 6.19. The molecular formula is C16H16O2.